The number of carboxylic acids is 1. The second-order valence-corrected chi connectivity index (χ2v) is 3.11. The van der Waals surface area contributed by atoms with E-state index in [-0.39, 0.29) is 4.88 Å². The van der Waals surface area contributed by atoms with Crippen molar-refractivity contribution in [3.05, 3.63) is 11.1 Å². The summed E-state index contributed by atoms with van der Waals surface area (Å²) in [5, 5.41) is 22.7. The van der Waals surface area contributed by atoms with Gasteiger partial charge in [-0.25, -0.2) is 4.79 Å². The highest BCUT2D eigenvalue weighted by molar-refractivity contribution is 7.07. The number of amides is 1. The van der Waals surface area contributed by atoms with Crippen LogP contribution in [0.25, 0.3) is 0 Å². The van der Waals surface area contributed by atoms with Crippen molar-refractivity contribution in [2.75, 3.05) is 6.61 Å². The van der Waals surface area contributed by atoms with Gasteiger partial charge in [-0.2, -0.15) is 0 Å². The molecule has 0 saturated carbocycles. The van der Waals surface area contributed by atoms with Crippen LogP contribution in [0.15, 0.2) is 6.20 Å². The average Bonchev–Trinajstić information content (AvgIpc) is 2.65. The summed E-state index contributed by atoms with van der Waals surface area (Å²) in [6.45, 7) is -0.659. The number of rotatable bonds is 4. The molecule has 1 aromatic heterocycles. The minimum atomic E-state index is -1.30. The van der Waals surface area contributed by atoms with E-state index < -0.39 is 24.5 Å². The lowest BCUT2D eigenvalue weighted by Crippen LogP contribution is -2.43. The van der Waals surface area contributed by atoms with Gasteiger partial charge in [0, 0.05) is 0 Å². The van der Waals surface area contributed by atoms with E-state index in [1.165, 1.54) is 6.20 Å². The van der Waals surface area contributed by atoms with Crippen LogP contribution in [0.4, 0.5) is 0 Å². The summed E-state index contributed by atoms with van der Waals surface area (Å²) < 4.78 is 3.44. The molecule has 7 nitrogen and oxygen atoms in total. The molecule has 0 aliphatic carbocycles. The van der Waals surface area contributed by atoms with Gasteiger partial charge in [0.25, 0.3) is 5.91 Å². The molecule has 3 N–H and O–H groups in total. The van der Waals surface area contributed by atoms with Gasteiger partial charge in [0.1, 0.15) is 4.88 Å². The van der Waals surface area contributed by atoms with E-state index in [2.05, 4.69) is 14.9 Å². The van der Waals surface area contributed by atoms with Gasteiger partial charge in [-0.15, -0.1) is 5.10 Å². The van der Waals surface area contributed by atoms with Gasteiger partial charge in [-0.05, 0) is 11.5 Å². The van der Waals surface area contributed by atoms with Crippen molar-refractivity contribution >= 4 is 23.4 Å². The first-order valence-corrected chi connectivity index (χ1v) is 4.34. The maximum atomic E-state index is 11.2. The number of hydrogen-bond acceptors (Lipinski definition) is 6. The summed E-state index contributed by atoms with van der Waals surface area (Å²) in [5.74, 6) is -1.90. The molecule has 0 unspecified atom stereocenters. The number of carbonyl (C=O) groups is 2. The highest BCUT2D eigenvalue weighted by atomic mass is 32.1. The van der Waals surface area contributed by atoms with E-state index in [4.69, 9.17) is 10.2 Å². The van der Waals surface area contributed by atoms with E-state index in [1.54, 1.807) is 0 Å². The van der Waals surface area contributed by atoms with Crippen LogP contribution in [0.5, 0.6) is 0 Å². The fourth-order valence-corrected chi connectivity index (χ4v) is 1.10. The van der Waals surface area contributed by atoms with E-state index in [1.807, 2.05) is 0 Å². The van der Waals surface area contributed by atoms with Crippen LogP contribution in [0.3, 0.4) is 0 Å². The van der Waals surface area contributed by atoms with Crippen molar-refractivity contribution in [2.45, 2.75) is 6.04 Å². The Kier molecular flexibility index (Phi) is 3.48. The summed E-state index contributed by atoms with van der Waals surface area (Å²) in [5.41, 5.74) is 0. The Hall–Kier alpha value is -1.54. The third kappa shape index (κ3) is 2.47. The molecule has 1 aromatic rings. The van der Waals surface area contributed by atoms with Gasteiger partial charge < -0.3 is 15.5 Å². The third-order valence-electron chi connectivity index (χ3n) is 1.37. The molecule has 0 aliphatic heterocycles. The molecule has 1 amide bonds. The van der Waals surface area contributed by atoms with E-state index in [0.29, 0.717) is 0 Å². The zero-order valence-electron chi connectivity index (χ0n) is 6.88. The Morgan fingerprint density at radius 1 is 1.64 bits per heavy atom. The van der Waals surface area contributed by atoms with Gasteiger partial charge in [-0.3, -0.25) is 4.79 Å². The van der Waals surface area contributed by atoms with Gasteiger partial charge in [-0.1, -0.05) is 4.49 Å². The fourth-order valence-electron chi connectivity index (χ4n) is 0.682. The SMILES string of the molecule is O=C(N[C@H](CO)C(=O)O)c1cnns1. The van der Waals surface area contributed by atoms with Crippen LogP contribution in [-0.2, 0) is 4.79 Å². The number of nitrogens with zero attached hydrogens (tertiary/aromatic N) is 2. The quantitative estimate of drug-likeness (QED) is 0.578. The van der Waals surface area contributed by atoms with Crippen molar-refractivity contribution in [2.24, 2.45) is 0 Å². The summed E-state index contributed by atoms with van der Waals surface area (Å²) in [6, 6.07) is -1.30. The third-order valence-corrected chi connectivity index (χ3v) is 2.03. The first-order valence-electron chi connectivity index (χ1n) is 3.57. The van der Waals surface area contributed by atoms with Crippen molar-refractivity contribution in [1.29, 1.82) is 0 Å². The van der Waals surface area contributed by atoms with Crippen LogP contribution in [0, 0.1) is 0 Å². The maximum Gasteiger partial charge on any atom is 0.328 e. The molecule has 0 bridgehead atoms. The molecule has 1 heterocycles. The van der Waals surface area contributed by atoms with Crippen molar-refractivity contribution in [1.82, 2.24) is 14.9 Å². The molecule has 0 spiro atoms. The first kappa shape index (κ1) is 10.5. The van der Waals surface area contributed by atoms with Crippen molar-refractivity contribution in [3.63, 3.8) is 0 Å². The molecule has 8 heteroatoms. The molecule has 0 aromatic carbocycles. The van der Waals surface area contributed by atoms with Gasteiger partial charge in [0.15, 0.2) is 6.04 Å². The molecule has 0 radical (unpaired) electrons. The zero-order valence-corrected chi connectivity index (χ0v) is 7.69. The highest BCUT2D eigenvalue weighted by Crippen LogP contribution is 2.01. The average molecular weight is 217 g/mol. The van der Waals surface area contributed by atoms with Crippen LogP contribution < -0.4 is 5.32 Å². The van der Waals surface area contributed by atoms with Gasteiger partial charge in [0.2, 0.25) is 0 Å². The van der Waals surface area contributed by atoms with Crippen LogP contribution in [-0.4, -0.2) is 44.3 Å². The Morgan fingerprint density at radius 2 is 2.36 bits per heavy atom. The van der Waals surface area contributed by atoms with Gasteiger partial charge >= 0.3 is 5.97 Å². The van der Waals surface area contributed by atoms with Crippen LogP contribution in [0.2, 0.25) is 0 Å². The lowest BCUT2D eigenvalue weighted by molar-refractivity contribution is -0.140. The predicted octanol–water partition coefficient (Wildman–Crippen LogP) is -1.29. The predicted molar refractivity (Wildman–Crippen MR) is 45.9 cm³/mol. The van der Waals surface area contributed by atoms with E-state index in [9.17, 15) is 9.59 Å². The lowest BCUT2D eigenvalue weighted by Gasteiger charge is -2.09. The minimum absolute atomic E-state index is 0.199. The standard InChI is InChI=1S/C6H7N3O4S/c10-2-3(6(12)13)8-5(11)4-1-7-9-14-4/h1,3,10H,2H2,(H,8,11)(H,12,13)/t3-/m1/s1. The van der Waals surface area contributed by atoms with Crippen molar-refractivity contribution in [3.8, 4) is 0 Å². The minimum Gasteiger partial charge on any atom is -0.480 e. The Labute approximate surface area is 82.5 Å². The van der Waals surface area contributed by atoms with Crippen LogP contribution in [0.1, 0.15) is 9.67 Å². The largest absolute Gasteiger partial charge is 0.480 e. The highest BCUT2D eigenvalue weighted by Gasteiger charge is 2.20. The molecular weight excluding hydrogens is 210 g/mol. The molecule has 14 heavy (non-hydrogen) atoms. The number of carboxylic acid groups (broad SMARTS) is 1. The van der Waals surface area contributed by atoms with E-state index in [0.717, 1.165) is 11.5 Å². The number of aliphatic carboxylic acids is 1. The lowest BCUT2D eigenvalue weighted by atomic mass is 10.3. The molecule has 0 fully saturated rings. The van der Waals surface area contributed by atoms with E-state index >= 15 is 0 Å². The zero-order chi connectivity index (χ0) is 10.6. The maximum absolute atomic E-state index is 11.2. The Morgan fingerprint density at radius 3 is 2.79 bits per heavy atom. The topological polar surface area (TPSA) is 112 Å². The summed E-state index contributed by atoms with van der Waals surface area (Å²) in [6.07, 6.45) is 1.22. The number of hydrogen-bond donors (Lipinski definition) is 3. The summed E-state index contributed by atoms with van der Waals surface area (Å²) >= 11 is 0.847. The number of aliphatic hydroxyl groups is 1. The summed E-state index contributed by atoms with van der Waals surface area (Å²) in [4.78, 5) is 21.9. The summed E-state index contributed by atoms with van der Waals surface area (Å²) in [7, 11) is 0. The first-order chi connectivity index (χ1) is 6.65. The number of aromatic nitrogens is 2. The molecule has 1 atom stereocenters. The van der Waals surface area contributed by atoms with Crippen molar-refractivity contribution < 1.29 is 19.8 Å². The second kappa shape index (κ2) is 4.63. The molecule has 76 valence electrons. The molecule has 0 saturated heterocycles. The monoisotopic (exact) mass is 217 g/mol. The number of aliphatic hydroxyl groups excluding tert-OH is 1. The van der Waals surface area contributed by atoms with Crippen LogP contribution >= 0.6 is 11.5 Å². The van der Waals surface area contributed by atoms with Gasteiger partial charge in [0.05, 0.1) is 12.8 Å². The second-order valence-electron chi connectivity index (χ2n) is 2.33. The molecule has 1 rings (SSSR count). The Balaban J connectivity index is 2.60. The molecule has 0 aliphatic rings. The normalized spacial score (nSPS) is 12.1. The molecular formula is C6H7N3O4S. The fraction of sp³-hybridized carbons (Fsp3) is 0.333. The number of nitrogens with one attached hydrogen (secondary N) is 1. The number of carbonyl (C=O) groups excluding carboxylic acids is 1. The Bertz CT molecular complexity index is 326. The smallest absolute Gasteiger partial charge is 0.328 e.